The highest BCUT2D eigenvalue weighted by atomic mass is 32.2. The first-order valence-electron chi connectivity index (χ1n) is 8.71. The maximum Gasteiger partial charge on any atom is 0.240 e. The number of thioether (sulfide) groups is 1. The quantitative estimate of drug-likeness (QED) is 0.357. The van der Waals surface area contributed by atoms with Crippen molar-refractivity contribution in [3.05, 3.63) is 64.4 Å². The van der Waals surface area contributed by atoms with Gasteiger partial charge in [0.15, 0.2) is 10.6 Å². The Labute approximate surface area is 168 Å². The first-order chi connectivity index (χ1) is 13.0. The maximum atomic E-state index is 12.3. The molecule has 0 atom stereocenters. The predicted octanol–water partition coefficient (Wildman–Crippen LogP) is 4.13. The molecule has 0 radical (unpaired) electrons. The Kier molecular flexibility index (Phi) is 6.47. The van der Waals surface area contributed by atoms with E-state index >= 15 is 0 Å². The van der Waals surface area contributed by atoms with E-state index in [4.69, 9.17) is 12.2 Å². The Hall–Kier alpha value is -2.38. The fourth-order valence-corrected chi connectivity index (χ4v) is 3.63. The molecule has 3 rings (SSSR count). The van der Waals surface area contributed by atoms with Gasteiger partial charge in [0.1, 0.15) is 6.54 Å². The summed E-state index contributed by atoms with van der Waals surface area (Å²) in [5.74, 6) is 1.41. The second-order valence-electron chi connectivity index (χ2n) is 6.32. The van der Waals surface area contributed by atoms with Crippen LogP contribution in [0.15, 0.2) is 53.4 Å². The van der Waals surface area contributed by atoms with Crippen molar-refractivity contribution in [3.63, 3.8) is 0 Å². The second-order valence-corrected chi connectivity index (χ2v) is 7.87. The molecule has 0 bridgehead atoms. The molecule has 0 spiro atoms. The molecule has 0 aliphatic rings. The van der Waals surface area contributed by atoms with Gasteiger partial charge >= 0.3 is 0 Å². The number of aromatic amines is 1. The molecular weight excluding hydrogens is 376 g/mol. The van der Waals surface area contributed by atoms with Gasteiger partial charge in [0.05, 0.1) is 0 Å². The van der Waals surface area contributed by atoms with E-state index in [2.05, 4.69) is 46.7 Å². The van der Waals surface area contributed by atoms with Gasteiger partial charge in [-0.2, -0.15) is 5.10 Å². The van der Waals surface area contributed by atoms with Gasteiger partial charge in [-0.05, 0) is 44.3 Å². The van der Waals surface area contributed by atoms with Gasteiger partial charge in [-0.3, -0.25) is 14.5 Å². The van der Waals surface area contributed by atoms with Crippen LogP contribution < -0.4 is 5.32 Å². The van der Waals surface area contributed by atoms with Crippen LogP contribution in [0, 0.1) is 18.6 Å². The molecule has 2 aromatic carbocycles. The molecule has 0 saturated heterocycles. The van der Waals surface area contributed by atoms with E-state index in [9.17, 15) is 4.79 Å². The minimum Gasteiger partial charge on any atom is -0.354 e. The smallest absolute Gasteiger partial charge is 0.240 e. The maximum absolute atomic E-state index is 12.3. The SMILES string of the molecule is Cc1ccc(SCCNC(=O)Cn2c(-c3cccc(C)c3)n[nH]c2=S)cc1. The molecule has 3 aromatic rings. The van der Waals surface area contributed by atoms with E-state index in [1.54, 1.807) is 16.3 Å². The minimum atomic E-state index is -0.0779. The van der Waals surface area contributed by atoms with E-state index in [-0.39, 0.29) is 12.5 Å². The average molecular weight is 399 g/mol. The number of carbonyl (C=O) groups excluding carboxylic acids is 1. The van der Waals surface area contributed by atoms with Crippen molar-refractivity contribution in [1.82, 2.24) is 20.1 Å². The van der Waals surface area contributed by atoms with Crippen LogP contribution in [0.3, 0.4) is 0 Å². The number of nitrogens with one attached hydrogen (secondary N) is 2. The van der Waals surface area contributed by atoms with Crippen molar-refractivity contribution in [2.75, 3.05) is 12.3 Å². The zero-order valence-electron chi connectivity index (χ0n) is 15.4. The third kappa shape index (κ3) is 5.30. The first kappa shape index (κ1) is 19.4. The first-order valence-corrected chi connectivity index (χ1v) is 10.1. The van der Waals surface area contributed by atoms with Gasteiger partial charge < -0.3 is 5.32 Å². The molecule has 0 aliphatic carbocycles. The molecule has 1 aromatic heterocycles. The molecule has 7 heteroatoms. The summed E-state index contributed by atoms with van der Waals surface area (Å²) >= 11 is 7.02. The van der Waals surface area contributed by atoms with Gasteiger partial charge in [0.2, 0.25) is 5.91 Å². The number of hydrogen-bond donors (Lipinski definition) is 2. The molecule has 5 nitrogen and oxygen atoms in total. The summed E-state index contributed by atoms with van der Waals surface area (Å²) in [5.41, 5.74) is 3.31. The molecule has 1 amide bonds. The Morgan fingerprint density at radius 3 is 2.70 bits per heavy atom. The monoisotopic (exact) mass is 398 g/mol. The highest BCUT2D eigenvalue weighted by Crippen LogP contribution is 2.19. The lowest BCUT2D eigenvalue weighted by Crippen LogP contribution is -2.29. The Balaban J connectivity index is 1.56. The lowest BCUT2D eigenvalue weighted by atomic mass is 10.1. The van der Waals surface area contributed by atoms with Gasteiger partial charge in [0, 0.05) is 22.8 Å². The summed E-state index contributed by atoms with van der Waals surface area (Å²) in [6.45, 7) is 4.84. The summed E-state index contributed by atoms with van der Waals surface area (Å²) in [6, 6.07) is 16.4. The average Bonchev–Trinajstić information content (AvgIpc) is 3.01. The Morgan fingerprint density at radius 1 is 1.19 bits per heavy atom. The van der Waals surface area contributed by atoms with Gasteiger partial charge in [-0.25, -0.2) is 0 Å². The van der Waals surface area contributed by atoms with Crippen molar-refractivity contribution >= 4 is 29.9 Å². The summed E-state index contributed by atoms with van der Waals surface area (Å²) in [7, 11) is 0. The zero-order chi connectivity index (χ0) is 19.2. The lowest BCUT2D eigenvalue weighted by Gasteiger charge is -2.09. The van der Waals surface area contributed by atoms with Crippen molar-refractivity contribution in [2.24, 2.45) is 0 Å². The zero-order valence-corrected chi connectivity index (χ0v) is 17.0. The number of carbonyl (C=O) groups is 1. The van der Waals surface area contributed by atoms with Gasteiger partial charge in [-0.15, -0.1) is 11.8 Å². The number of nitrogens with zero attached hydrogens (tertiary/aromatic N) is 2. The largest absolute Gasteiger partial charge is 0.354 e. The van der Waals surface area contributed by atoms with E-state index in [0.717, 1.165) is 16.9 Å². The molecule has 1 heterocycles. The van der Waals surface area contributed by atoms with Crippen molar-refractivity contribution < 1.29 is 4.79 Å². The molecule has 0 unspecified atom stereocenters. The molecule has 27 heavy (non-hydrogen) atoms. The van der Waals surface area contributed by atoms with E-state index < -0.39 is 0 Å². The standard InChI is InChI=1S/C20H22N4OS2/c1-14-6-8-17(9-7-14)27-11-10-21-18(25)13-24-19(22-23-20(24)26)16-5-3-4-15(2)12-16/h3-9,12H,10-11,13H2,1-2H3,(H,21,25)(H,23,26). The molecule has 0 fully saturated rings. The number of rotatable bonds is 7. The van der Waals surface area contributed by atoms with Crippen LogP contribution in [0.1, 0.15) is 11.1 Å². The van der Waals surface area contributed by atoms with Crippen molar-refractivity contribution in [1.29, 1.82) is 0 Å². The fourth-order valence-electron chi connectivity index (χ4n) is 2.66. The molecule has 140 valence electrons. The molecule has 2 N–H and O–H groups in total. The predicted molar refractivity (Wildman–Crippen MR) is 112 cm³/mol. The Morgan fingerprint density at radius 2 is 1.96 bits per heavy atom. The van der Waals surface area contributed by atoms with Crippen LogP contribution in [0.4, 0.5) is 0 Å². The van der Waals surface area contributed by atoms with Crippen LogP contribution in [-0.2, 0) is 11.3 Å². The summed E-state index contributed by atoms with van der Waals surface area (Å²) < 4.78 is 2.17. The molecular formula is C20H22N4OS2. The number of benzene rings is 2. The number of H-pyrrole nitrogens is 1. The van der Waals surface area contributed by atoms with Crippen LogP contribution in [0.2, 0.25) is 0 Å². The number of hydrogen-bond acceptors (Lipinski definition) is 4. The highest BCUT2D eigenvalue weighted by molar-refractivity contribution is 7.99. The second kappa shape index (κ2) is 9.01. The van der Waals surface area contributed by atoms with Gasteiger partial charge in [0.25, 0.3) is 0 Å². The number of amides is 1. The van der Waals surface area contributed by atoms with Crippen LogP contribution in [0.25, 0.3) is 11.4 Å². The summed E-state index contributed by atoms with van der Waals surface area (Å²) in [5, 5.41) is 10.0. The van der Waals surface area contributed by atoms with Crippen molar-refractivity contribution in [2.45, 2.75) is 25.3 Å². The molecule has 0 aliphatic heterocycles. The number of aryl methyl sites for hydroxylation is 2. The third-order valence-corrected chi connectivity index (χ3v) is 5.38. The number of aromatic nitrogens is 3. The summed E-state index contributed by atoms with van der Waals surface area (Å²) in [4.78, 5) is 13.5. The van der Waals surface area contributed by atoms with Crippen LogP contribution in [0.5, 0.6) is 0 Å². The lowest BCUT2D eigenvalue weighted by molar-refractivity contribution is -0.121. The topological polar surface area (TPSA) is 62.7 Å². The van der Waals surface area contributed by atoms with Crippen LogP contribution >= 0.6 is 24.0 Å². The Bertz CT molecular complexity index is 976. The van der Waals surface area contributed by atoms with E-state index in [0.29, 0.717) is 17.1 Å². The van der Waals surface area contributed by atoms with E-state index in [1.807, 2.05) is 31.2 Å². The van der Waals surface area contributed by atoms with E-state index in [1.165, 1.54) is 10.5 Å². The molecule has 0 saturated carbocycles. The minimum absolute atomic E-state index is 0.0779. The normalized spacial score (nSPS) is 10.7. The summed E-state index contributed by atoms with van der Waals surface area (Å²) in [6.07, 6.45) is 0. The van der Waals surface area contributed by atoms with Gasteiger partial charge in [-0.1, -0.05) is 41.5 Å². The highest BCUT2D eigenvalue weighted by Gasteiger charge is 2.12. The third-order valence-electron chi connectivity index (χ3n) is 4.05. The van der Waals surface area contributed by atoms with Crippen molar-refractivity contribution in [3.8, 4) is 11.4 Å². The fraction of sp³-hybridized carbons (Fsp3) is 0.250. The van der Waals surface area contributed by atoms with Crippen LogP contribution in [-0.4, -0.2) is 33.0 Å².